The van der Waals surface area contributed by atoms with Gasteiger partial charge in [-0.25, -0.2) is 19.3 Å². The van der Waals surface area contributed by atoms with E-state index in [9.17, 15) is 27.8 Å². The van der Waals surface area contributed by atoms with Crippen LogP contribution in [-0.2, 0) is 9.47 Å². The number of nitrogens with zero attached hydrogens (tertiary/aromatic N) is 4. The van der Waals surface area contributed by atoms with E-state index in [1.165, 1.54) is 29.4 Å². The minimum atomic E-state index is -4.91. The molecule has 0 saturated carbocycles. The van der Waals surface area contributed by atoms with Crippen molar-refractivity contribution < 1.29 is 37.2 Å². The summed E-state index contributed by atoms with van der Waals surface area (Å²) >= 11 is 6.01. The van der Waals surface area contributed by atoms with Crippen molar-refractivity contribution in [3.05, 3.63) is 41.7 Å². The van der Waals surface area contributed by atoms with Crippen LogP contribution >= 0.6 is 11.6 Å². The summed E-state index contributed by atoms with van der Waals surface area (Å²) in [5.41, 5.74) is 0.710. The fourth-order valence-electron chi connectivity index (χ4n) is 3.12. The van der Waals surface area contributed by atoms with Crippen molar-refractivity contribution in [1.29, 1.82) is 0 Å². The zero-order valence-electron chi connectivity index (χ0n) is 15.3. The number of aliphatic hydroxyl groups excluding tert-OH is 2. The highest BCUT2D eigenvalue weighted by Crippen LogP contribution is 2.34. The Morgan fingerprint density at radius 1 is 1.19 bits per heavy atom. The van der Waals surface area contributed by atoms with Crippen LogP contribution in [0.3, 0.4) is 0 Å². The maximum Gasteiger partial charge on any atom is 0.522 e. The first-order chi connectivity index (χ1) is 14.6. The summed E-state index contributed by atoms with van der Waals surface area (Å²) in [5.74, 6) is -0.329. The van der Waals surface area contributed by atoms with Crippen LogP contribution in [0.1, 0.15) is 6.23 Å². The maximum absolute atomic E-state index is 13.3. The number of hydrogen-bond acceptors (Lipinski definition) is 8. The molecule has 0 spiro atoms. The standard InChI is InChI=1S/C17H14ClF4N5O4/c18-8-3-7(19)1-2-9(8)26-14-11-15(24-5-23-14)27(6-25-11)16-13(29)12(28)10(31-16)4-30-17(20,21)22/h1-3,5-6,10,12-13,16,28-29H,4H2,(H,23,24,26)/t10-,12?,13?,16-/m1/s1. The monoisotopic (exact) mass is 463 g/mol. The molecule has 1 fully saturated rings. The average molecular weight is 464 g/mol. The van der Waals surface area contributed by atoms with Gasteiger partial charge in [-0.3, -0.25) is 9.30 Å². The van der Waals surface area contributed by atoms with E-state index in [0.29, 0.717) is 5.69 Å². The predicted molar refractivity (Wildman–Crippen MR) is 97.9 cm³/mol. The second-order valence-corrected chi connectivity index (χ2v) is 7.01. The number of fused-ring (bicyclic) bond motifs is 1. The molecule has 3 aromatic rings. The van der Waals surface area contributed by atoms with E-state index in [4.69, 9.17) is 16.3 Å². The second-order valence-electron chi connectivity index (χ2n) is 6.60. The van der Waals surface area contributed by atoms with Gasteiger partial charge in [0.25, 0.3) is 0 Å². The minimum absolute atomic E-state index is 0.0939. The Labute approximate surface area is 176 Å². The first kappa shape index (κ1) is 21.6. The van der Waals surface area contributed by atoms with E-state index in [1.54, 1.807) is 0 Å². The molecule has 4 atom stereocenters. The van der Waals surface area contributed by atoms with E-state index in [2.05, 4.69) is 25.0 Å². The highest BCUT2D eigenvalue weighted by Gasteiger charge is 2.46. The van der Waals surface area contributed by atoms with Crippen LogP contribution in [0.5, 0.6) is 0 Å². The first-order valence-corrected chi connectivity index (χ1v) is 9.14. The molecule has 0 bridgehead atoms. The Bertz CT molecular complexity index is 1100. The number of anilines is 2. The third-order valence-electron chi connectivity index (χ3n) is 4.57. The van der Waals surface area contributed by atoms with Crippen LogP contribution in [0.25, 0.3) is 11.2 Å². The molecule has 166 valence electrons. The lowest BCUT2D eigenvalue weighted by atomic mass is 10.1. The third kappa shape index (κ3) is 4.41. The van der Waals surface area contributed by atoms with Crippen molar-refractivity contribution in [3.63, 3.8) is 0 Å². The lowest BCUT2D eigenvalue weighted by molar-refractivity contribution is -0.333. The molecule has 14 heteroatoms. The molecular formula is C17H14ClF4N5O4. The van der Waals surface area contributed by atoms with Crippen LogP contribution in [0, 0.1) is 5.82 Å². The summed E-state index contributed by atoms with van der Waals surface area (Å²) in [7, 11) is 0. The molecule has 1 saturated heterocycles. The summed E-state index contributed by atoms with van der Waals surface area (Å²) in [5, 5.41) is 23.3. The van der Waals surface area contributed by atoms with Gasteiger partial charge in [-0.15, -0.1) is 13.2 Å². The van der Waals surface area contributed by atoms with E-state index in [0.717, 1.165) is 6.07 Å². The lowest BCUT2D eigenvalue weighted by Gasteiger charge is -2.17. The number of aliphatic hydroxyl groups is 2. The third-order valence-corrected chi connectivity index (χ3v) is 4.88. The van der Waals surface area contributed by atoms with Crippen LogP contribution in [-0.4, -0.2) is 61.0 Å². The molecule has 4 rings (SSSR count). The van der Waals surface area contributed by atoms with E-state index in [1.807, 2.05) is 0 Å². The zero-order valence-corrected chi connectivity index (χ0v) is 16.0. The molecule has 1 aliphatic heterocycles. The lowest BCUT2D eigenvalue weighted by Crippen LogP contribution is -2.35. The van der Waals surface area contributed by atoms with E-state index < -0.39 is 43.3 Å². The summed E-state index contributed by atoms with van der Waals surface area (Å²) in [6.07, 6.45) is -8.44. The van der Waals surface area contributed by atoms with Crippen LogP contribution in [0.4, 0.5) is 29.1 Å². The number of benzene rings is 1. The number of ether oxygens (including phenoxy) is 2. The smallest absolute Gasteiger partial charge is 0.387 e. The normalized spacial score (nSPS) is 24.1. The van der Waals surface area contributed by atoms with Gasteiger partial charge in [-0.2, -0.15) is 0 Å². The van der Waals surface area contributed by atoms with Gasteiger partial charge in [-0.05, 0) is 18.2 Å². The summed E-state index contributed by atoms with van der Waals surface area (Å²) in [6, 6.07) is 3.70. The van der Waals surface area contributed by atoms with Crippen molar-refractivity contribution in [2.45, 2.75) is 30.9 Å². The number of alkyl halides is 3. The molecule has 2 unspecified atom stereocenters. The number of imidazole rings is 1. The number of hydrogen-bond donors (Lipinski definition) is 3. The second kappa shape index (κ2) is 8.16. The Balaban J connectivity index is 1.60. The Kier molecular flexibility index (Phi) is 5.70. The Morgan fingerprint density at radius 2 is 1.97 bits per heavy atom. The highest BCUT2D eigenvalue weighted by atomic mass is 35.5. The number of nitrogens with one attached hydrogen (secondary N) is 1. The van der Waals surface area contributed by atoms with Gasteiger partial charge in [-0.1, -0.05) is 11.6 Å². The summed E-state index contributed by atoms with van der Waals surface area (Å²) in [4.78, 5) is 12.3. The van der Waals surface area contributed by atoms with Gasteiger partial charge in [0.15, 0.2) is 23.2 Å². The molecule has 2 aromatic heterocycles. The number of halogens is 5. The summed E-state index contributed by atoms with van der Waals surface area (Å²) < 4.78 is 60.5. The van der Waals surface area contributed by atoms with Crippen LogP contribution in [0.2, 0.25) is 5.02 Å². The fraction of sp³-hybridized carbons (Fsp3) is 0.353. The molecule has 31 heavy (non-hydrogen) atoms. The van der Waals surface area contributed by atoms with Gasteiger partial charge < -0.3 is 20.3 Å². The molecule has 9 nitrogen and oxygen atoms in total. The van der Waals surface area contributed by atoms with Gasteiger partial charge in [0.2, 0.25) is 0 Å². The molecular weight excluding hydrogens is 450 g/mol. The van der Waals surface area contributed by atoms with Gasteiger partial charge in [0.05, 0.1) is 23.6 Å². The number of rotatable bonds is 5. The van der Waals surface area contributed by atoms with Crippen LogP contribution in [0.15, 0.2) is 30.9 Å². The molecule has 3 N–H and O–H groups in total. The predicted octanol–water partition coefficient (Wildman–Crippen LogP) is 2.52. The molecule has 1 aromatic carbocycles. The summed E-state index contributed by atoms with van der Waals surface area (Å²) in [6.45, 7) is -1.00. The molecule has 0 radical (unpaired) electrons. The maximum atomic E-state index is 13.3. The topological polar surface area (TPSA) is 115 Å². The molecule has 0 amide bonds. The van der Waals surface area contributed by atoms with Gasteiger partial charge in [0.1, 0.15) is 30.5 Å². The molecule has 1 aliphatic rings. The van der Waals surface area contributed by atoms with Crippen molar-refractivity contribution in [2.24, 2.45) is 0 Å². The van der Waals surface area contributed by atoms with Gasteiger partial charge >= 0.3 is 6.36 Å². The zero-order chi connectivity index (χ0) is 22.3. The quantitative estimate of drug-likeness (QED) is 0.495. The van der Waals surface area contributed by atoms with E-state index >= 15 is 0 Å². The van der Waals surface area contributed by atoms with Crippen molar-refractivity contribution >= 4 is 34.3 Å². The molecule has 0 aliphatic carbocycles. The van der Waals surface area contributed by atoms with Crippen molar-refractivity contribution in [3.8, 4) is 0 Å². The van der Waals surface area contributed by atoms with Crippen LogP contribution < -0.4 is 5.32 Å². The molecule has 3 heterocycles. The highest BCUT2D eigenvalue weighted by molar-refractivity contribution is 6.33. The van der Waals surface area contributed by atoms with Crippen molar-refractivity contribution in [2.75, 3.05) is 11.9 Å². The Morgan fingerprint density at radius 3 is 2.68 bits per heavy atom. The largest absolute Gasteiger partial charge is 0.522 e. The Hall–Kier alpha value is -2.58. The van der Waals surface area contributed by atoms with Gasteiger partial charge in [0, 0.05) is 0 Å². The average Bonchev–Trinajstić information content (AvgIpc) is 3.24. The SMILES string of the molecule is OC1C(O)[C@@H](COC(F)(F)F)O[C@H]1n1cnc2c(Nc3ccc(F)cc3Cl)ncnc21. The number of aromatic nitrogens is 4. The fourth-order valence-corrected chi connectivity index (χ4v) is 3.34. The van der Waals surface area contributed by atoms with Crippen molar-refractivity contribution in [1.82, 2.24) is 19.5 Å². The van der Waals surface area contributed by atoms with E-state index in [-0.39, 0.29) is 22.0 Å². The first-order valence-electron chi connectivity index (χ1n) is 8.76. The minimum Gasteiger partial charge on any atom is -0.387 e.